The highest BCUT2D eigenvalue weighted by Gasteiger charge is 2.62. The van der Waals surface area contributed by atoms with Crippen LogP contribution in [0, 0.1) is 23.2 Å². The second-order valence-electron chi connectivity index (χ2n) is 13.8. The number of fused-ring (bicyclic) bond motifs is 1. The highest BCUT2D eigenvalue weighted by atomic mass is 33.1. The normalized spacial score (nSPS) is 21.7. The monoisotopic (exact) mass is 719 g/mol. The molecule has 0 spiro atoms. The molecule has 1 fully saturated rings. The Balaban J connectivity index is 1.87. The number of esters is 1. The van der Waals surface area contributed by atoms with Crippen LogP contribution in [0.4, 0.5) is 4.79 Å². The van der Waals surface area contributed by atoms with Gasteiger partial charge in [0, 0.05) is 43.2 Å². The lowest BCUT2D eigenvalue weighted by molar-refractivity contribution is -0.154. The number of rotatable bonds is 20. The fourth-order valence-corrected chi connectivity index (χ4v) is 6.92. The number of carbonyl (C=O) groups is 4. The van der Waals surface area contributed by atoms with E-state index in [0.717, 1.165) is 24.2 Å². The smallest absolute Gasteiger partial charge is 0.407 e. The molecule has 0 radical (unpaired) electrons. The lowest BCUT2D eigenvalue weighted by atomic mass is 9.86. The molecule has 1 heterocycles. The molecule has 1 saturated carbocycles. The summed E-state index contributed by atoms with van der Waals surface area (Å²) in [4.78, 5) is 50.6. The Bertz CT molecular complexity index is 1290. The lowest BCUT2D eigenvalue weighted by Gasteiger charge is -2.30. The Kier molecular flexibility index (Phi) is 17.6. The van der Waals surface area contributed by atoms with Crippen molar-refractivity contribution in [3.05, 3.63) is 59.9 Å². The number of hydrogen-bond donors (Lipinski definition) is 3. The number of methoxy groups -OCH3 is 1. The highest BCUT2D eigenvalue weighted by molar-refractivity contribution is 8.76. The van der Waals surface area contributed by atoms with E-state index in [-0.39, 0.29) is 41.4 Å². The predicted octanol–water partition coefficient (Wildman–Crippen LogP) is 6.66. The summed E-state index contributed by atoms with van der Waals surface area (Å²) in [6.07, 6.45) is 18.6. The minimum absolute atomic E-state index is 0.0108. The Morgan fingerprint density at radius 3 is 2.53 bits per heavy atom. The van der Waals surface area contributed by atoms with Crippen molar-refractivity contribution in [2.75, 3.05) is 32.2 Å². The third-order valence-corrected chi connectivity index (χ3v) is 10.4. The van der Waals surface area contributed by atoms with Crippen LogP contribution in [-0.2, 0) is 28.6 Å². The summed E-state index contributed by atoms with van der Waals surface area (Å²) in [7, 11) is 4.93. The van der Waals surface area contributed by atoms with Gasteiger partial charge in [-0.25, -0.2) is 9.59 Å². The van der Waals surface area contributed by atoms with Crippen LogP contribution in [0.5, 0.6) is 0 Å². The van der Waals surface area contributed by atoms with E-state index in [9.17, 15) is 19.2 Å². The summed E-state index contributed by atoms with van der Waals surface area (Å²) >= 11 is 0. The molecule has 0 bridgehead atoms. The molecule has 0 saturated heterocycles. The van der Waals surface area contributed by atoms with Crippen LogP contribution in [0.2, 0.25) is 0 Å². The van der Waals surface area contributed by atoms with Gasteiger partial charge in [0.15, 0.2) is 0 Å². The average Bonchev–Trinajstić information content (AvgIpc) is 3.76. The first-order chi connectivity index (χ1) is 23.2. The van der Waals surface area contributed by atoms with E-state index in [2.05, 4.69) is 22.0 Å². The SMILES string of the molecule is C/C=C\C[C@@H](CC(C)CNC(=O)[C@@H](NC(=O)\C=C/C=C\C(C)=C\[C@H](C)C12CC1C=C(OC)C(=O)O2)C(C)(C)C)OC(=O)NCCCSSC. The number of alkyl carbamates (subject to hydrolysis) is 1. The van der Waals surface area contributed by atoms with Crippen LogP contribution in [-0.4, -0.2) is 73.8 Å². The zero-order valence-electron chi connectivity index (χ0n) is 30.6. The van der Waals surface area contributed by atoms with Gasteiger partial charge in [0.2, 0.25) is 17.6 Å². The van der Waals surface area contributed by atoms with E-state index >= 15 is 0 Å². The summed E-state index contributed by atoms with van der Waals surface area (Å²) in [6, 6.07) is -0.759. The predicted molar refractivity (Wildman–Crippen MR) is 200 cm³/mol. The van der Waals surface area contributed by atoms with Crippen LogP contribution in [0.3, 0.4) is 0 Å². The molecule has 6 atom stereocenters. The quantitative estimate of drug-likeness (QED) is 0.0316. The molecular weight excluding hydrogens is 663 g/mol. The van der Waals surface area contributed by atoms with Crippen LogP contribution >= 0.6 is 21.6 Å². The van der Waals surface area contributed by atoms with Gasteiger partial charge in [0.25, 0.3) is 0 Å². The summed E-state index contributed by atoms with van der Waals surface area (Å²) in [5.41, 5.74) is -0.0842. The highest BCUT2D eigenvalue weighted by Crippen LogP contribution is 2.56. The number of allylic oxidation sites excluding steroid dienone is 5. The minimum Gasteiger partial charge on any atom is -0.490 e. The average molecular weight is 720 g/mol. The molecule has 274 valence electrons. The number of amides is 3. The summed E-state index contributed by atoms with van der Waals surface area (Å²) in [5, 5.41) is 8.66. The molecule has 1 aliphatic heterocycles. The molecule has 3 amide bonds. The Morgan fingerprint density at radius 2 is 1.88 bits per heavy atom. The fraction of sp³-hybridized carbons (Fsp3) is 0.622. The second-order valence-corrected chi connectivity index (χ2v) is 16.5. The van der Waals surface area contributed by atoms with Gasteiger partial charge in [-0.1, -0.05) is 98.2 Å². The van der Waals surface area contributed by atoms with E-state index in [4.69, 9.17) is 14.2 Å². The largest absolute Gasteiger partial charge is 0.490 e. The molecule has 0 aromatic carbocycles. The first-order valence-electron chi connectivity index (χ1n) is 17.0. The molecule has 12 heteroatoms. The van der Waals surface area contributed by atoms with Crippen LogP contribution in [0.25, 0.3) is 0 Å². The maximum absolute atomic E-state index is 13.3. The Labute approximate surface area is 301 Å². The van der Waals surface area contributed by atoms with Crippen molar-refractivity contribution in [3.8, 4) is 0 Å². The summed E-state index contributed by atoms with van der Waals surface area (Å²) in [6.45, 7) is 14.5. The molecule has 2 rings (SSSR count). The van der Waals surface area contributed by atoms with Crippen molar-refractivity contribution >= 4 is 45.5 Å². The van der Waals surface area contributed by atoms with Crippen LogP contribution < -0.4 is 16.0 Å². The van der Waals surface area contributed by atoms with Crippen molar-refractivity contribution in [2.24, 2.45) is 23.2 Å². The van der Waals surface area contributed by atoms with Gasteiger partial charge in [0.05, 0.1) is 7.11 Å². The summed E-state index contributed by atoms with van der Waals surface area (Å²) < 4.78 is 16.5. The number of nitrogens with one attached hydrogen (secondary N) is 3. The van der Waals surface area contributed by atoms with E-state index in [1.54, 1.807) is 33.7 Å². The van der Waals surface area contributed by atoms with Crippen molar-refractivity contribution in [1.29, 1.82) is 0 Å². The standard InChI is InChI=1S/C37H57N3O7S2/c1-10-11-16-29(46-35(44)38-18-14-19-49-48-9)21-26(3)24-39-33(42)32(36(5,6)7)40-31(41)17-13-12-15-25(2)20-27(4)37-23-28(37)22-30(45-8)34(43)47-37/h10-13,15,17,20,22,26-29,32H,14,16,18-19,21,23-24H2,1-9H3,(H,38,44)(H,39,42)(H,40,41)/b11-10-,15-12-,17-13-,25-20+/t26?,27-,28?,29-,32+,37?/m0/s1. The van der Waals surface area contributed by atoms with Gasteiger partial charge in [-0.3, -0.25) is 9.59 Å². The van der Waals surface area contributed by atoms with E-state index in [1.807, 2.05) is 79.0 Å². The van der Waals surface area contributed by atoms with Gasteiger partial charge >= 0.3 is 12.1 Å². The first-order valence-corrected chi connectivity index (χ1v) is 19.7. The number of hydrogen-bond acceptors (Lipinski definition) is 9. The van der Waals surface area contributed by atoms with Crippen molar-refractivity contribution in [3.63, 3.8) is 0 Å². The molecule has 3 unspecified atom stereocenters. The fourth-order valence-electron chi connectivity index (χ4n) is 5.64. The topological polar surface area (TPSA) is 132 Å². The summed E-state index contributed by atoms with van der Waals surface area (Å²) in [5.74, 6) is 0.329. The maximum atomic E-state index is 13.3. The van der Waals surface area contributed by atoms with E-state index in [0.29, 0.717) is 25.9 Å². The van der Waals surface area contributed by atoms with Crippen molar-refractivity contribution in [2.45, 2.75) is 91.9 Å². The first kappa shape index (κ1) is 42.0. The molecule has 0 aromatic rings. The zero-order chi connectivity index (χ0) is 36.6. The number of ether oxygens (including phenoxy) is 3. The molecule has 0 aromatic heterocycles. The van der Waals surface area contributed by atoms with Crippen LogP contribution in [0.1, 0.15) is 74.1 Å². The van der Waals surface area contributed by atoms with E-state index < -0.39 is 29.1 Å². The molecular formula is C37H57N3O7S2. The van der Waals surface area contributed by atoms with Crippen molar-refractivity contribution < 1.29 is 33.4 Å². The van der Waals surface area contributed by atoms with Gasteiger partial charge in [-0.15, -0.1) is 0 Å². The molecule has 10 nitrogen and oxygen atoms in total. The van der Waals surface area contributed by atoms with Gasteiger partial charge in [0.1, 0.15) is 17.7 Å². The lowest BCUT2D eigenvalue weighted by Crippen LogP contribution is -2.53. The van der Waals surface area contributed by atoms with Gasteiger partial charge < -0.3 is 30.2 Å². The van der Waals surface area contributed by atoms with Crippen molar-refractivity contribution in [1.82, 2.24) is 16.0 Å². The third kappa shape index (κ3) is 14.3. The maximum Gasteiger partial charge on any atom is 0.407 e. The molecule has 1 aliphatic carbocycles. The second kappa shape index (κ2) is 20.5. The minimum atomic E-state index is -0.759. The van der Waals surface area contributed by atoms with Gasteiger partial charge in [-0.2, -0.15) is 0 Å². The Morgan fingerprint density at radius 1 is 1.16 bits per heavy atom. The van der Waals surface area contributed by atoms with Crippen LogP contribution in [0.15, 0.2) is 59.9 Å². The zero-order valence-corrected chi connectivity index (χ0v) is 32.3. The third-order valence-electron chi connectivity index (χ3n) is 8.47. The molecule has 2 aliphatic rings. The Hall–Kier alpha value is -3.12. The van der Waals surface area contributed by atoms with E-state index in [1.165, 1.54) is 13.2 Å². The number of carbonyl (C=O) groups excluding carboxylic acids is 4. The molecule has 49 heavy (non-hydrogen) atoms. The molecule has 3 N–H and O–H groups in total. The van der Waals surface area contributed by atoms with Gasteiger partial charge in [-0.05, 0) is 56.8 Å².